The van der Waals surface area contributed by atoms with E-state index in [9.17, 15) is 9.59 Å². The van der Waals surface area contributed by atoms with Crippen LogP contribution in [0.4, 0.5) is 4.79 Å². The highest BCUT2D eigenvalue weighted by atomic mass is 16.4. The molecule has 1 aromatic rings. The smallest absolute Gasteiger partial charge is 0.314 e. The van der Waals surface area contributed by atoms with Gasteiger partial charge in [0.05, 0.1) is 5.41 Å². The molecule has 0 saturated carbocycles. The third-order valence-corrected chi connectivity index (χ3v) is 3.22. The number of urea groups is 1. The van der Waals surface area contributed by atoms with Gasteiger partial charge in [-0.1, -0.05) is 6.92 Å². The molecule has 0 aliphatic rings. The Morgan fingerprint density at radius 1 is 1.45 bits per heavy atom. The highest BCUT2D eigenvalue weighted by Gasteiger charge is 2.31. The van der Waals surface area contributed by atoms with E-state index in [1.54, 1.807) is 31.9 Å². The number of nitrogens with one attached hydrogen (secondary N) is 2. The lowest BCUT2D eigenvalue weighted by Gasteiger charge is -2.23. The van der Waals surface area contributed by atoms with Crippen molar-refractivity contribution in [2.45, 2.75) is 26.7 Å². The van der Waals surface area contributed by atoms with E-state index >= 15 is 0 Å². The summed E-state index contributed by atoms with van der Waals surface area (Å²) in [7, 11) is 1.77. The third kappa shape index (κ3) is 4.52. The normalized spacial score (nSPS) is 13.6. The monoisotopic (exact) mass is 283 g/mol. The van der Waals surface area contributed by atoms with Crippen LogP contribution in [0, 0.1) is 5.41 Å². The number of amides is 2. The van der Waals surface area contributed by atoms with E-state index in [0.29, 0.717) is 25.2 Å². The van der Waals surface area contributed by atoms with Crippen molar-refractivity contribution >= 4 is 12.0 Å². The van der Waals surface area contributed by atoms with Crippen LogP contribution in [0.15, 0.2) is 6.33 Å². The summed E-state index contributed by atoms with van der Waals surface area (Å²) in [5.41, 5.74) is -0.945. The van der Waals surface area contributed by atoms with Crippen molar-refractivity contribution in [1.29, 1.82) is 0 Å². The maximum atomic E-state index is 11.6. The van der Waals surface area contributed by atoms with Crippen molar-refractivity contribution in [1.82, 2.24) is 25.4 Å². The molecule has 1 heterocycles. The van der Waals surface area contributed by atoms with Crippen LogP contribution in [-0.4, -0.2) is 45.0 Å². The first-order valence-electron chi connectivity index (χ1n) is 6.47. The number of carbonyl (C=O) groups is 2. The average molecular weight is 283 g/mol. The molecule has 3 N–H and O–H groups in total. The molecule has 0 radical (unpaired) electrons. The summed E-state index contributed by atoms with van der Waals surface area (Å²) >= 11 is 0. The van der Waals surface area contributed by atoms with Crippen LogP contribution in [-0.2, 0) is 18.3 Å². The van der Waals surface area contributed by atoms with Gasteiger partial charge in [-0.3, -0.25) is 9.48 Å². The first kappa shape index (κ1) is 15.9. The molecule has 1 atom stereocenters. The van der Waals surface area contributed by atoms with Crippen LogP contribution >= 0.6 is 0 Å². The summed E-state index contributed by atoms with van der Waals surface area (Å²) < 4.78 is 1.59. The minimum absolute atomic E-state index is 0.0898. The summed E-state index contributed by atoms with van der Waals surface area (Å²) in [6.07, 6.45) is 2.56. The molecule has 0 saturated heterocycles. The number of hydrogen-bond donors (Lipinski definition) is 3. The fourth-order valence-corrected chi connectivity index (χ4v) is 1.48. The van der Waals surface area contributed by atoms with Crippen molar-refractivity contribution in [3.8, 4) is 0 Å². The second-order valence-electron chi connectivity index (χ2n) is 4.91. The topological polar surface area (TPSA) is 109 Å². The van der Waals surface area contributed by atoms with Gasteiger partial charge in [0.15, 0.2) is 5.82 Å². The van der Waals surface area contributed by atoms with Gasteiger partial charge >= 0.3 is 12.0 Å². The second-order valence-corrected chi connectivity index (χ2v) is 4.91. The fourth-order valence-electron chi connectivity index (χ4n) is 1.48. The van der Waals surface area contributed by atoms with Crippen molar-refractivity contribution in [3.05, 3.63) is 12.2 Å². The van der Waals surface area contributed by atoms with Crippen LogP contribution in [0.3, 0.4) is 0 Å². The first-order valence-corrected chi connectivity index (χ1v) is 6.47. The van der Waals surface area contributed by atoms with Crippen LogP contribution < -0.4 is 10.6 Å². The summed E-state index contributed by atoms with van der Waals surface area (Å²) in [4.78, 5) is 26.7. The van der Waals surface area contributed by atoms with Crippen LogP contribution in [0.25, 0.3) is 0 Å². The fraction of sp³-hybridized carbons (Fsp3) is 0.667. The molecular weight excluding hydrogens is 262 g/mol. The highest BCUT2D eigenvalue weighted by Crippen LogP contribution is 2.19. The van der Waals surface area contributed by atoms with Gasteiger partial charge in [0.1, 0.15) is 6.33 Å². The molecular formula is C12H21N5O3. The van der Waals surface area contributed by atoms with E-state index < -0.39 is 11.4 Å². The molecule has 0 fully saturated rings. The van der Waals surface area contributed by atoms with E-state index in [1.165, 1.54) is 0 Å². The van der Waals surface area contributed by atoms with Crippen molar-refractivity contribution in [3.63, 3.8) is 0 Å². The molecule has 1 rings (SSSR count). The number of aliphatic carboxylic acids is 1. The Morgan fingerprint density at radius 2 is 2.15 bits per heavy atom. The van der Waals surface area contributed by atoms with Gasteiger partial charge in [-0.25, -0.2) is 9.78 Å². The molecule has 0 spiro atoms. The molecule has 8 heteroatoms. The Balaban J connectivity index is 2.28. The molecule has 2 amide bonds. The van der Waals surface area contributed by atoms with Crippen molar-refractivity contribution in [2.24, 2.45) is 12.5 Å². The minimum Gasteiger partial charge on any atom is -0.481 e. The highest BCUT2D eigenvalue weighted by molar-refractivity contribution is 5.77. The Labute approximate surface area is 117 Å². The molecule has 1 aromatic heterocycles. The SMILES string of the molecule is CCC(C)(CNC(=O)NCCc1ncn(C)n1)C(=O)O. The quantitative estimate of drug-likeness (QED) is 0.660. The Kier molecular flexibility index (Phi) is 5.48. The molecule has 112 valence electrons. The largest absolute Gasteiger partial charge is 0.481 e. The van der Waals surface area contributed by atoms with Gasteiger partial charge in [0, 0.05) is 26.6 Å². The van der Waals surface area contributed by atoms with E-state index in [4.69, 9.17) is 5.11 Å². The maximum Gasteiger partial charge on any atom is 0.314 e. The Bertz CT molecular complexity index is 473. The van der Waals surface area contributed by atoms with Gasteiger partial charge in [0.25, 0.3) is 0 Å². The molecule has 0 bridgehead atoms. The van der Waals surface area contributed by atoms with Crippen molar-refractivity contribution in [2.75, 3.05) is 13.1 Å². The predicted octanol–water partition coefficient (Wildman–Crippen LogP) is 0.158. The molecule has 8 nitrogen and oxygen atoms in total. The van der Waals surface area contributed by atoms with E-state index in [0.717, 1.165) is 0 Å². The lowest BCUT2D eigenvalue weighted by Crippen LogP contribution is -2.45. The van der Waals surface area contributed by atoms with Crippen LogP contribution in [0.2, 0.25) is 0 Å². The number of carbonyl (C=O) groups excluding carboxylic acids is 1. The van der Waals surface area contributed by atoms with Crippen LogP contribution in [0.5, 0.6) is 0 Å². The zero-order chi connectivity index (χ0) is 15.2. The Morgan fingerprint density at radius 3 is 2.65 bits per heavy atom. The van der Waals surface area contributed by atoms with Crippen LogP contribution in [0.1, 0.15) is 26.1 Å². The molecule has 0 aliphatic carbocycles. The molecule has 20 heavy (non-hydrogen) atoms. The zero-order valence-corrected chi connectivity index (χ0v) is 12.0. The average Bonchev–Trinajstić information content (AvgIpc) is 2.81. The summed E-state index contributed by atoms with van der Waals surface area (Å²) in [5.74, 6) is -0.269. The number of aromatic nitrogens is 3. The summed E-state index contributed by atoms with van der Waals surface area (Å²) in [5, 5.41) is 18.4. The summed E-state index contributed by atoms with van der Waals surface area (Å²) in [6, 6.07) is -0.387. The third-order valence-electron chi connectivity index (χ3n) is 3.22. The molecule has 0 aliphatic heterocycles. The first-order chi connectivity index (χ1) is 9.37. The van der Waals surface area contributed by atoms with Crippen molar-refractivity contribution < 1.29 is 14.7 Å². The number of rotatable bonds is 7. The molecule has 0 aromatic carbocycles. The number of carboxylic acid groups (broad SMARTS) is 1. The van der Waals surface area contributed by atoms with E-state index in [1.807, 2.05) is 0 Å². The standard InChI is InChI=1S/C12H21N5O3/c1-4-12(2,10(18)19)7-14-11(20)13-6-5-9-15-8-17(3)16-9/h8H,4-7H2,1-3H3,(H,18,19)(H2,13,14,20). The lowest BCUT2D eigenvalue weighted by atomic mass is 9.88. The minimum atomic E-state index is -0.945. The predicted molar refractivity (Wildman–Crippen MR) is 72.1 cm³/mol. The van der Waals surface area contributed by atoms with Gasteiger partial charge in [-0.05, 0) is 13.3 Å². The van der Waals surface area contributed by atoms with Gasteiger partial charge in [0.2, 0.25) is 0 Å². The van der Waals surface area contributed by atoms with Gasteiger partial charge in [-0.15, -0.1) is 0 Å². The number of nitrogens with zero attached hydrogens (tertiary/aromatic N) is 3. The Hall–Kier alpha value is -2.12. The second kappa shape index (κ2) is 6.88. The van der Waals surface area contributed by atoms with Gasteiger partial charge in [-0.2, -0.15) is 5.10 Å². The molecule has 1 unspecified atom stereocenters. The summed E-state index contributed by atoms with van der Waals surface area (Å²) in [6.45, 7) is 3.87. The lowest BCUT2D eigenvalue weighted by molar-refractivity contribution is -0.147. The van der Waals surface area contributed by atoms with Gasteiger partial charge < -0.3 is 15.7 Å². The van der Waals surface area contributed by atoms with E-state index in [2.05, 4.69) is 20.7 Å². The number of hydrogen-bond acceptors (Lipinski definition) is 4. The maximum absolute atomic E-state index is 11.6. The number of carboxylic acids is 1. The van der Waals surface area contributed by atoms with E-state index in [-0.39, 0.29) is 12.6 Å². The number of aryl methyl sites for hydroxylation is 1. The zero-order valence-electron chi connectivity index (χ0n) is 12.0.